The monoisotopic (exact) mass is 473 g/mol. The Morgan fingerprint density at radius 1 is 0.794 bits per heavy atom. The number of amides is 1. The second-order valence-corrected chi connectivity index (χ2v) is 7.96. The van der Waals surface area contributed by atoms with E-state index in [2.05, 4.69) is 5.32 Å². The van der Waals surface area contributed by atoms with Gasteiger partial charge in [0.25, 0.3) is 5.91 Å². The van der Waals surface area contributed by atoms with Crippen molar-refractivity contribution < 1.29 is 19.0 Å². The number of anilines is 1. The molecular weight excluding hydrogens is 450 g/mol. The summed E-state index contributed by atoms with van der Waals surface area (Å²) in [6, 6.07) is 29.6. The molecule has 0 radical (unpaired) electrons. The molecule has 0 heterocycles. The first-order valence-electron chi connectivity index (χ1n) is 10.7. The Kier molecular flexibility index (Phi) is 7.68. The molecule has 0 bridgehead atoms. The molecule has 0 unspecified atom stereocenters. The van der Waals surface area contributed by atoms with Crippen molar-refractivity contribution in [2.45, 2.75) is 13.2 Å². The fraction of sp³-hybridized carbons (Fsp3) is 0.107. The van der Waals surface area contributed by atoms with Crippen LogP contribution in [0.5, 0.6) is 17.2 Å². The van der Waals surface area contributed by atoms with Gasteiger partial charge in [-0.3, -0.25) is 4.79 Å². The first-order chi connectivity index (χ1) is 16.6. The summed E-state index contributed by atoms with van der Waals surface area (Å²) in [5.41, 5.74) is 3.02. The average molecular weight is 474 g/mol. The van der Waals surface area contributed by atoms with Crippen LogP contribution < -0.4 is 19.5 Å². The molecule has 0 spiro atoms. The summed E-state index contributed by atoms with van der Waals surface area (Å²) in [6.07, 6.45) is 0. The number of hydrogen-bond donors (Lipinski definition) is 1. The Balaban J connectivity index is 1.38. The van der Waals surface area contributed by atoms with Crippen molar-refractivity contribution in [3.8, 4) is 17.2 Å². The molecule has 34 heavy (non-hydrogen) atoms. The lowest BCUT2D eigenvalue weighted by molar-refractivity contribution is 0.102. The zero-order valence-corrected chi connectivity index (χ0v) is 19.4. The van der Waals surface area contributed by atoms with E-state index in [0.717, 1.165) is 16.9 Å². The zero-order chi connectivity index (χ0) is 23.8. The van der Waals surface area contributed by atoms with Gasteiger partial charge in [0.05, 0.1) is 7.11 Å². The van der Waals surface area contributed by atoms with E-state index >= 15 is 0 Å². The van der Waals surface area contributed by atoms with Gasteiger partial charge in [-0.05, 0) is 72.3 Å². The molecule has 4 aromatic rings. The number of nitrogens with one attached hydrogen (secondary N) is 1. The Morgan fingerprint density at radius 2 is 1.44 bits per heavy atom. The third kappa shape index (κ3) is 6.30. The minimum atomic E-state index is -0.228. The molecule has 0 atom stereocenters. The molecular formula is C28H24ClNO4. The highest BCUT2D eigenvalue weighted by molar-refractivity contribution is 6.30. The summed E-state index contributed by atoms with van der Waals surface area (Å²) in [4.78, 5) is 12.8. The Labute approximate surface area is 203 Å². The predicted molar refractivity (Wildman–Crippen MR) is 134 cm³/mol. The van der Waals surface area contributed by atoms with E-state index in [1.54, 1.807) is 49.6 Å². The van der Waals surface area contributed by atoms with Crippen molar-refractivity contribution in [3.63, 3.8) is 0 Å². The van der Waals surface area contributed by atoms with Crippen LogP contribution in [0.2, 0.25) is 5.02 Å². The van der Waals surface area contributed by atoms with E-state index in [9.17, 15) is 4.79 Å². The van der Waals surface area contributed by atoms with Crippen molar-refractivity contribution in [1.82, 2.24) is 0 Å². The summed E-state index contributed by atoms with van der Waals surface area (Å²) in [5.74, 6) is 1.82. The van der Waals surface area contributed by atoms with Gasteiger partial charge in [-0.2, -0.15) is 0 Å². The lowest BCUT2D eigenvalue weighted by atomic mass is 10.1. The van der Waals surface area contributed by atoms with E-state index in [1.807, 2.05) is 54.6 Å². The molecule has 4 aromatic carbocycles. The minimum Gasteiger partial charge on any atom is -0.496 e. The van der Waals surface area contributed by atoms with Crippen LogP contribution in [0.3, 0.4) is 0 Å². The minimum absolute atomic E-state index is 0.228. The normalized spacial score (nSPS) is 10.4. The van der Waals surface area contributed by atoms with Crippen LogP contribution in [-0.2, 0) is 13.2 Å². The van der Waals surface area contributed by atoms with E-state index in [1.165, 1.54) is 0 Å². The fourth-order valence-corrected chi connectivity index (χ4v) is 3.43. The third-order valence-corrected chi connectivity index (χ3v) is 5.36. The standard InChI is InChI=1S/C28H24ClNO4/c1-32-27-16-7-21(17-22(27)19-34-25-12-8-23(29)9-13-25)28(31)30-24-10-14-26(15-11-24)33-18-20-5-3-2-4-6-20/h2-17H,18-19H2,1H3,(H,30,31). The molecule has 1 amide bonds. The SMILES string of the molecule is COc1ccc(C(=O)Nc2ccc(OCc3ccccc3)cc2)cc1COc1ccc(Cl)cc1. The summed E-state index contributed by atoms with van der Waals surface area (Å²) >= 11 is 5.92. The number of ether oxygens (including phenoxy) is 3. The van der Waals surface area contributed by atoms with E-state index < -0.39 is 0 Å². The summed E-state index contributed by atoms with van der Waals surface area (Å²) in [6.45, 7) is 0.735. The molecule has 5 nitrogen and oxygen atoms in total. The maximum Gasteiger partial charge on any atom is 0.255 e. The summed E-state index contributed by atoms with van der Waals surface area (Å²) < 4.78 is 17.1. The van der Waals surface area contributed by atoms with Crippen LogP contribution in [-0.4, -0.2) is 13.0 Å². The molecule has 0 saturated carbocycles. The van der Waals surface area contributed by atoms with Crippen LogP contribution in [0.1, 0.15) is 21.5 Å². The maximum atomic E-state index is 12.8. The topological polar surface area (TPSA) is 56.8 Å². The van der Waals surface area contributed by atoms with Crippen LogP contribution in [0.25, 0.3) is 0 Å². The van der Waals surface area contributed by atoms with Crippen LogP contribution >= 0.6 is 11.6 Å². The van der Waals surface area contributed by atoms with Crippen LogP contribution in [0.4, 0.5) is 5.69 Å². The third-order valence-electron chi connectivity index (χ3n) is 5.11. The van der Waals surface area contributed by atoms with Crippen molar-refractivity contribution in [2.24, 2.45) is 0 Å². The van der Waals surface area contributed by atoms with E-state index in [4.69, 9.17) is 25.8 Å². The highest BCUT2D eigenvalue weighted by atomic mass is 35.5. The van der Waals surface area contributed by atoms with Crippen molar-refractivity contribution in [1.29, 1.82) is 0 Å². The van der Waals surface area contributed by atoms with Gasteiger partial charge >= 0.3 is 0 Å². The number of rotatable bonds is 9. The Hall–Kier alpha value is -3.96. The number of hydrogen-bond acceptors (Lipinski definition) is 4. The average Bonchev–Trinajstić information content (AvgIpc) is 2.88. The number of methoxy groups -OCH3 is 1. The van der Waals surface area contributed by atoms with Gasteiger partial charge in [-0.1, -0.05) is 41.9 Å². The predicted octanol–water partition coefficient (Wildman–Crippen LogP) is 6.76. The van der Waals surface area contributed by atoms with E-state index in [-0.39, 0.29) is 12.5 Å². The molecule has 0 aliphatic rings. The molecule has 0 aliphatic heterocycles. The Bertz CT molecular complexity index is 1230. The lowest BCUT2D eigenvalue weighted by Crippen LogP contribution is -2.13. The number of carbonyl (C=O) groups excluding carboxylic acids is 1. The van der Waals surface area contributed by atoms with Gasteiger partial charge in [0, 0.05) is 21.8 Å². The molecule has 0 aromatic heterocycles. The molecule has 172 valence electrons. The smallest absolute Gasteiger partial charge is 0.255 e. The molecule has 0 aliphatic carbocycles. The second-order valence-electron chi connectivity index (χ2n) is 7.52. The highest BCUT2D eigenvalue weighted by Crippen LogP contribution is 2.24. The molecule has 0 saturated heterocycles. The van der Waals surface area contributed by atoms with E-state index in [0.29, 0.717) is 34.4 Å². The highest BCUT2D eigenvalue weighted by Gasteiger charge is 2.12. The van der Waals surface area contributed by atoms with Gasteiger partial charge in [0.15, 0.2) is 0 Å². The first-order valence-corrected chi connectivity index (χ1v) is 11.1. The number of carbonyl (C=O) groups is 1. The fourth-order valence-electron chi connectivity index (χ4n) is 3.30. The molecule has 1 N–H and O–H groups in total. The quantitative estimate of drug-likeness (QED) is 0.292. The summed E-state index contributed by atoms with van der Waals surface area (Å²) in [7, 11) is 1.59. The van der Waals surface area contributed by atoms with Crippen molar-refractivity contribution in [2.75, 3.05) is 12.4 Å². The van der Waals surface area contributed by atoms with Gasteiger partial charge in [-0.25, -0.2) is 0 Å². The van der Waals surface area contributed by atoms with Crippen molar-refractivity contribution >= 4 is 23.2 Å². The second kappa shape index (κ2) is 11.3. The van der Waals surface area contributed by atoms with Gasteiger partial charge < -0.3 is 19.5 Å². The van der Waals surface area contributed by atoms with Gasteiger partial charge in [0.2, 0.25) is 0 Å². The first kappa shape index (κ1) is 23.2. The van der Waals surface area contributed by atoms with Gasteiger partial charge in [-0.15, -0.1) is 0 Å². The zero-order valence-electron chi connectivity index (χ0n) is 18.7. The molecule has 6 heteroatoms. The molecule has 4 rings (SSSR count). The number of benzene rings is 4. The van der Waals surface area contributed by atoms with Gasteiger partial charge in [0.1, 0.15) is 30.5 Å². The van der Waals surface area contributed by atoms with Crippen LogP contribution in [0, 0.1) is 0 Å². The van der Waals surface area contributed by atoms with Crippen LogP contribution in [0.15, 0.2) is 97.1 Å². The molecule has 0 fully saturated rings. The van der Waals surface area contributed by atoms with Crippen molar-refractivity contribution in [3.05, 3.63) is 119 Å². The lowest BCUT2D eigenvalue weighted by Gasteiger charge is -2.13. The Morgan fingerprint density at radius 3 is 2.12 bits per heavy atom. The number of halogens is 1. The largest absolute Gasteiger partial charge is 0.496 e. The maximum absolute atomic E-state index is 12.8. The summed E-state index contributed by atoms with van der Waals surface area (Å²) in [5, 5.41) is 3.55.